The number of carbonyl (C=O) groups excluding carboxylic acids is 1. The molecule has 1 aliphatic rings. The SMILES string of the molecule is Cc1c([C@H]2[C@H](CNc3ncccn3)CC(=O)N2C)cnn1C. The number of hydrogen-bond acceptors (Lipinski definition) is 5. The molecule has 3 heterocycles. The van der Waals surface area contributed by atoms with Gasteiger partial charge in [0.25, 0.3) is 0 Å². The number of likely N-dealkylation sites (tertiary alicyclic amines) is 1. The van der Waals surface area contributed by atoms with Crippen LogP contribution in [-0.2, 0) is 11.8 Å². The van der Waals surface area contributed by atoms with E-state index in [0.717, 1.165) is 11.3 Å². The number of carbonyl (C=O) groups is 1. The molecule has 0 spiro atoms. The van der Waals surface area contributed by atoms with E-state index in [4.69, 9.17) is 0 Å². The normalized spacial score (nSPS) is 21.4. The van der Waals surface area contributed by atoms with Gasteiger partial charge in [-0.3, -0.25) is 9.48 Å². The van der Waals surface area contributed by atoms with Gasteiger partial charge in [-0.05, 0) is 13.0 Å². The number of anilines is 1. The number of hydrogen-bond donors (Lipinski definition) is 1. The maximum Gasteiger partial charge on any atom is 0.223 e. The molecular formula is C15H20N6O. The lowest BCUT2D eigenvalue weighted by Crippen LogP contribution is -2.27. The molecule has 0 unspecified atom stereocenters. The third-order valence-corrected chi connectivity index (χ3v) is 4.37. The summed E-state index contributed by atoms with van der Waals surface area (Å²) in [5.41, 5.74) is 2.20. The fourth-order valence-corrected chi connectivity index (χ4v) is 3.02. The van der Waals surface area contributed by atoms with Crippen LogP contribution < -0.4 is 5.32 Å². The Hall–Kier alpha value is -2.44. The molecule has 0 aromatic carbocycles. The molecular weight excluding hydrogens is 280 g/mol. The highest BCUT2D eigenvalue weighted by Gasteiger charge is 2.39. The predicted molar refractivity (Wildman–Crippen MR) is 82.1 cm³/mol. The first kappa shape index (κ1) is 14.5. The van der Waals surface area contributed by atoms with E-state index in [1.807, 2.05) is 36.8 Å². The molecule has 1 amide bonds. The minimum absolute atomic E-state index is 0.0393. The zero-order chi connectivity index (χ0) is 15.7. The summed E-state index contributed by atoms with van der Waals surface area (Å²) >= 11 is 0. The van der Waals surface area contributed by atoms with Crippen LogP contribution >= 0.6 is 0 Å². The Balaban J connectivity index is 1.80. The van der Waals surface area contributed by atoms with E-state index in [1.54, 1.807) is 18.5 Å². The van der Waals surface area contributed by atoms with Crippen molar-refractivity contribution < 1.29 is 4.79 Å². The number of aromatic nitrogens is 4. The molecule has 1 aliphatic heterocycles. The lowest BCUT2D eigenvalue weighted by molar-refractivity contribution is -0.127. The van der Waals surface area contributed by atoms with Gasteiger partial charge in [-0.1, -0.05) is 0 Å². The summed E-state index contributed by atoms with van der Waals surface area (Å²) in [6.07, 6.45) is 5.78. The summed E-state index contributed by atoms with van der Waals surface area (Å²) in [6.45, 7) is 2.68. The first-order chi connectivity index (χ1) is 10.6. The number of amides is 1. The van der Waals surface area contributed by atoms with Crippen molar-refractivity contribution in [1.82, 2.24) is 24.6 Å². The standard InChI is InChI=1S/C15H20N6O/c1-10-12(9-19-21(10)3)14-11(7-13(22)20(14)2)8-18-15-16-5-4-6-17-15/h4-6,9,11,14H,7-8H2,1-3H3,(H,16,17,18)/t11-,14+/m0/s1. The average Bonchev–Trinajstić information content (AvgIpc) is 2.99. The summed E-state index contributed by atoms with van der Waals surface area (Å²) in [4.78, 5) is 22.3. The minimum Gasteiger partial charge on any atom is -0.354 e. The Kier molecular flexibility index (Phi) is 3.79. The molecule has 0 saturated carbocycles. The van der Waals surface area contributed by atoms with Gasteiger partial charge < -0.3 is 10.2 Å². The molecule has 1 saturated heterocycles. The first-order valence-electron chi connectivity index (χ1n) is 7.33. The quantitative estimate of drug-likeness (QED) is 0.916. The van der Waals surface area contributed by atoms with Crippen LogP contribution in [-0.4, -0.2) is 44.1 Å². The van der Waals surface area contributed by atoms with E-state index in [1.165, 1.54) is 0 Å². The largest absolute Gasteiger partial charge is 0.354 e. The second-order valence-electron chi connectivity index (χ2n) is 5.68. The fourth-order valence-electron chi connectivity index (χ4n) is 3.02. The van der Waals surface area contributed by atoms with Gasteiger partial charge in [-0.25, -0.2) is 9.97 Å². The van der Waals surface area contributed by atoms with Gasteiger partial charge in [0.2, 0.25) is 11.9 Å². The van der Waals surface area contributed by atoms with Gasteiger partial charge in [-0.15, -0.1) is 0 Å². The van der Waals surface area contributed by atoms with Crippen LogP contribution in [0.4, 0.5) is 5.95 Å². The van der Waals surface area contributed by atoms with Gasteiger partial charge in [0, 0.05) is 56.6 Å². The number of rotatable bonds is 4. The van der Waals surface area contributed by atoms with Crippen molar-refractivity contribution in [2.24, 2.45) is 13.0 Å². The van der Waals surface area contributed by atoms with E-state index in [9.17, 15) is 4.79 Å². The van der Waals surface area contributed by atoms with Gasteiger partial charge in [0.1, 0.15) is 0 Å². The molecule has 2 aromatic heterocycles. The van der Waals surface area contributed by atoms with E-state index >= 15 is 0 Å². The van der Waals surface area contributed by atoms with Crippen LogP contribution in [0.25, 0.3) is 0 Å². The van der Waals surface area contributed by atoms with Crippen LogP contribution in [0, 0.1) is 12.8 Å². The van der Waals surface area contributed by atoms with Gasteiger partial charge in [-0.2, -0.15) is 5.10 Å². The first-order valence-corrected chi connectivity index (χ1v) is 7.33. The van der Waals surface area contributed by atoms with Crippen molar-refractivity contribution in [2.45, 2.75) is 19.4 Å². The van der Waals surface area contributed by atoms with Crippen molar-refractivity contribution in [2.75, 3.05) is 18.9 Å². The predicted octanol–water partition coefficient (Wildman–Crippen LogP) is 1.15. The topological polar surface area (TPSA) is 75.9 Å². The summed E-state index contributed by atoms with van der Waals surface area (Å²) in [5.74, 6) is 0.921. The number of nitrogens with one attached hydrogen (secondary N) is 1. The van der Waals surface area contributed by atoms with Crippen molar-refractivity contribution in [3.05, 3.63) is 35.9 Å². The highest BCUT2D eigenvalue weighted by molar-refractivity contribution is 5.79. The van der Waals surface area contributed by atoms with Crippen LogP contribution in [0.15, 0.2) is 24.7 Å². The van der Waals surface area contributed by atoms with E-state index in [-0.39, 0.29) is 17.9 Å². The van der Waals surface area contributed by atoms with E-state index in [0.29, 0.717) is 18.9 Å². The Bertz CT molecular complexity index is 668. The minimum atomic E-state index is 0.0393. The van der Waals surface area contributed by atoms with Crippen LogP contribution in [0.2, 0.25) is 0 Å². The molecule has 7 heteroatoms. The third-order valence-electron chi connectivity index (χ3n) is 4.37. The van der Waals surface area contributed by atoms with Gasteiger partial charge >= 0.3 is 0 Å². The summed E-state index contributed by atoms with van der Waals surface area (Å²) < 4.78 is 1.84. The maximum absolute atomic E-state index is 12.1. The maximum atomic E-state index is 12.1. The Labute approximate surface area is 129 Å². The van der Waals surface area contributed by atoms with Crippen molar-refractivity contribution in [3.8, 4) is 0 Å². The molecule has 3 rings (SSSR count). The average molecular weight is 300 g/mol. The zero-order valence-electron chi connectivity index (χ0n) is 13.0. The Morgan fingerprint density at radius 1 is 1.32 bits per heavy atom. The van der Waals surface area contributed by atoms with Crippen LogP contribution in [0.5, 0.6) is 0 Å². The molecule has 0 aliphatic carbocycles. The summed E-state index contributed by atoms with van der Waals surface area (Å²) in [7, 11) is 3.78. The van der Waals surface area contributed by atoms with Crippen molar-refractivity contribution >= 4 is 11.9 Å². The lowest BCUT2D eigenvalue weighted by Gasteiger charge is -2.25. The Morgan fingerprint density at radius 3 is 2.68 bits per heavy atom. The van der Waals surface area contributed by atoms with Crippen LogP contribution in [0.3, 0.4) is 0 Å². The molecule has 2 aromatic rings. The zero-order valence-corrected chi connectivity index (χ0v) is 13.0. The molecule has 22 heavy (non-hydrogen) atoms. The molecule has 1 fully saturated rings. The Morgan fingerprint density at radius 2 is 2.05 bits per heavy atom. The van der Waals surface area contributed by atoms with Gasteiger partial charge in [0.05, 0.1) is 12.2 Å². The molecule has 0 radical (unpaired) electrons. The summed E-state index contributed by atoms with van der Waals surface area (Å²) in [5, 5.41) is 7.53. The second kappa shape index (κ2) is 5.75. The van der Waals surface area contributed by atoms with E-state index < -0.39 is 0 Å². The monoisotopic (exact) mass is 300 g/mol. The van der Waals surface area contributed by atoms with Crippen LogP contribution in [0.1, 0.15) is 23.7 Å². The number of aryl methyl sites for hydroxylation is 1. The molecule has 1 N–H and O–H groups in total. The van der Waals surface area contributed by atoms with Crippen molar-refractivity contribution in [3.63, 3.8) is 0 Å². The van der Waals surface area contributed by atoms with Crippen molar-refractivity contribution in [1.29, 1.82) is 0 Å². The summed E-state index contributed by atoms with van der Waals surface area (Å²) in [6, 6.07) is 1.82. The molecule has 7 nitrogen and oxygen atoms in total. The fraction of sp³-hybridized carbons (Fsp3) is 0.467. The lowest BCUT2D eigenvalue weighted by atomic mass is 9.94. The highest BCUT2D eigenvalue weighted by atomic mass is 16.2. The molecule has 2 atom stereocenters. The van der Waals surface area contributed by atoms with E-state index in [2.05, 4.69) is 20.4 Å². The highest BCUT2D eigenvalue weighted by Crippen LogP contribution is 2.38. The smallest absolute Gasteiger partial charge is 0.223 e. The third kappa shape index (κ3) is 2.54. The number of nitrogens with zero attached hydrogens (tertiary/aromatic N) is 5. The molecule has 116 valence electrons. The van der Waals surface area contributed by atoms with Gasteiger partial charge in [0.15, 0.2) is 0 Å². The second-order valence-corrected chi connectivity index (χ2v) is 5.68. The molecule has 0 bridgehead atoms.